The minimum absolute atomic E-state index is 0.0368. The Labute approximate surface area is 224 Å². The molecule has 6 nitrogen and oxygen atoms in total. The number of pyridine rings is 1. The van der Waals surface area contributed by atoms with Gasteiger partial charge in [-0.2, -0.15) is 0 Å². The summed E-state index contributed by atoms with van der Waals surface area (Å²) in [5.41, 5.74) is 3.20. The molecule has 2 aromatic rings. The summed E-state index contributed by atoms with van der Waals surface area (Å²) in [4.78, 5) is 33.2. The minimum Gasteiger partial charge on any atom is -0.343 e. The van der Waals surface area contributed by atoms with Crippen LogP contribution < -0.4 is 10.6 Å². The monoisotopic (exact) mass is 526 g/mol. The molecular formula is C30H40F2N4O2. The number of nitrogens with zero attached hydrogens (tertiary/aromatic N) is 2. The van der Waals surface area contributed by atoms with Gasteiger partial charge in [0.05, 0.1) is 12.1 Å². The Morgan fingerprint density at radius 2 is 1.82 bits per heavy atom. The van der Waals surface area contributed by atoms with Crippen LogP contribution in [-0.2, 0) is 15.5 Å². The lowest BCUT2D eigenvalue weighted by molar-refractivity contribution is -0.139. The van der Waals surface area contributed by atoms with Gasteiger partial charge in [-0.05, 0) is 81.3 Å². The van der Waals surface area contributed by atoms with Gasteiger partial charge in [-0.3, -0.25) is 14.6 Å². The van der Waals surface area contributed by atoms with Gasteiger partial charge in [0.2, 0.25) is 11.8 Å². The van der Waals surface area contributed by atoms with E-state index >= 15 is 0 Å². The molecule has 3 atom stereocenters. The van der Waals surface area contributed by atoms with Gasteiger partial charge in [-0.25, -0.2) is 8.78 Å². The van der Waals surface area contributed by atoms with Crippen molar-refractivity contribution < 1.29 is 18.4 Å². The topological polar surface area (TPSA) is 74.3 Å². The first-order valence-electron chi connectivity index (χ1n) is 13.8. The van der Waals surface area contributed by atoms with Crippen LogP contribution in [-0.4, -0.2) is 47.4 Å². The molecule has 1 saturated heterocycles. The normalized spacial score (nSPS) is 20.3. The van der Waals surface area contributed by atoms with Gasteiger partial charge in [0, 0.05) is 37.0 Å². The average molecular weight is 527 g/mol. The third kappa shape index (κ3) is 6.22. The molecule has 8 heteroatoms. The second-order valence-electron chi connectivity index (χ2n) is 11.0. The number of halogens is 2. The molecule has 1 saturated carbocycles. The number of alkyl halides is 2. The summed E-state index contributed by atoms with van der Waals surface area (Å²) >= 11 is 0. The number of likely N-dealkylation sites (N-methyl/N-ethyl adjacent to an activating group) is 1. The molecular weight excluding hydrogens is 486 g/mol. The van der Waals surface area contributed by atoms with Crippen LogP contribution in [0.15, 0.2) is 36.7 Å². The summed E-state index contributed by atoms with van der Waals surface area (Å²) in [5, 5.41) is 6.04. The summed E-state index contributed by atoms with van der Waals surface area (Å²) in [6.07, 6.45) is 10.3. The van der Waals surface area contributed by atoms with Gasteiger partial charge in [-0.1, -0.05) is 31.4 Å². The number of carbonyl (C=O) groups is 2. The van der Waals surface area contributed by atoms with Crippen molar-refractivity contribution in [1.29, 1.82) is 0 Å². The molecule has 4 rings (SSSR count). The number of nitrogens with one attached hydrogen (secondary N) is 2. The van der Waals surface area contributed by atoms with Gasteiger partial charge >= 0.3 is 0 Å². The van der Waals surface area contributed by atoms with Crippen molar-refractivity contribution in [3.05, 3.63) is 53.3 Å². The first kappa shape index (κ1) is 28.1. The smallest absolute Gasteiger partial charge is 0.270 e. The first-order valence-corrected chi connectivity index (χ1v) is 13.8. The molecule has 1 aromatic carbocycles. The Bertz CT molecular complexity index is 1140. The molecule has 2 N–H and O–H groups in total. The van der Waals surface area contributed by atoms with E-state index in [1.54, 1.807) is 32.4 Å². The number of benzene rings is 1. The highest BCUT2D eigenvalue weighted by Crippen LogP contribution is 2.37. The largest absolute Gasteiger partial charge is 0.343 e. The van der Waals surface area contributed by atoms with E-state index in [2.05, 4.69) is 15.6 Å². The van der Waals surface area contributed by atoms with Crippen molar-refractivity contribution in [1.82, 2.24) is 20.5 Å². The van der Waals surface area contributed by atoms with Crippen molar-refractivity contribution in [2.45, 2.75) is 89.8 Å². The fraction of sp³-hybridized carbons (Fsp3) is 0.567. The van der Waals surface area contributed by atoms with Crippen molar-refractivity contribution in [3.8, 4) is 11.1 Å². The van der Waals surface area contributed by atoms with Crippen molar-refractivity contribution >= 4 is 11.8 Å². The maximum absolute atomic E-state index is 14.0. The Morgan fingerprint density at radius 3 is 2.50 bits per heavy atom. The fourth-order valence-electron chi connectivity index (χ4n) is 5.81. The predicted molar refractivity (Wildman–Crippen MR) is 145 cm³/mol. The lowest BCUT2D eigenvalue weighted by Gasteiger charge is -2.35. The van der Waals surface area contributed by atoms with Gasteiger partial charge < -0.3 is 15.5 Å². The summed E-state index contributed by atoms with van der Waals surface area (Å²) in [5.74, 6) is -3.02. The number of aryl methyl sites for hydroxylation is 1. The predicted octanol–water partition coefficient (Wildman–Crippen LogP) is 5.51. The lowest BCUT2D eigenvalue weighted by atomic mass is 9.83. The summed E-state index contributed by atoms with van der Waals surface area (Å²) in [6.45, 7) is 5.20. The van der Waals surface area contributed by atoms with Crippen LogP contribution in [0, 0.1) is 12.8 Å². The number of hydrogen-bond donors (Lipinski definition) is 2. The van der Waals surface area contributed by atoms with Crippen LogP contribution in [0.3, 0.4) is 0 Å². The van der Waals surface area contributed by atoms with Gasteiger partial charge in [0.15, 0.2) is 0 Å². The van der Waals surface area contributed by atoms with Crippen molar-refractivity contribution in [2.75, 3.05) is 13.6 Å². The maximum Gasteiger partial charge on any atom is 0.270 e. The van der Waals surface area contributed by atoms with Crippen LogP contribution in [0.25, 0.3) is 11.1 Å². The zero-order valence-corrected chi connectivity index (χ0v) is 22.9. The van der Waals surface area contributed by atoms with Crippen LogP contribution >= 0.6 is 0 Å². The molecule has 0 radical (unpaired) electrons. The van der Waals surface area contributed by atoms with E-state index in [1.807, 2.05) is 17.9 Å². The first-order chi connectivity index (χ1) is 18.1. The van der Waals surface area contributed by atoms with E-state index in [-0.39, 0.29) is 29.3 Å². The van der Waals surface area contributed by atoms with Gasteiger partial charge in [0.25, 0.3) is 5.92 Å². The Hall–Kier alpha value is -2.87. The third-order valence-electron chi connectivity index (χ3n) is 8.25. The fourth-order valence-corrected chi connectivity index (χ4v) is 5.81. The zero-order valence-electron chi connectivity index (χ0n) is 22.9. The third-order valence-corrected chi connectivity index (χ3v) is 8.25. The van der Waals surface area contributed by atoms with Crippen molar-refractivity contribution in [2.24, 2.45) is 5.92 Å². The number of amides is 2. The quantitative estimate of drug-likeness (QED) is 0.476. The molecule has 1 aromatic heterocycles. The van der Waals surface area contributed by atoms with Crippen LogP contribution in [0.2, 0.25) is 0 Å². The summed E-state index contributed by atoms with van der Waals surface area (Å²) in [7, 11) is 1.73. The van der Waals surface area contributed by atoms with Crippen molar-refractivity contribution in [3.63, 3.8) is 0 Å². The number of likely N-dealkylation sites (tertiary alicyclic amines) is 1. The highest BCUT2D eigenvalue weighted by molar-refractivity contribution is 5.90. The average Bonchev–Trinajstić information content (AvgIpc) is 3.41. The van der Waals surface area contributed by atoms with E-state index in [1.165, 1.54) is 12.1 Å². The molecule has 0 bridgehead atoms. The molecule has 3 unspecified atom stereocenters. The number of hydrogen-bond acceptors (Lipinski definition) is 4. The van der Waals surface area contributed by atoms with E-state index in [0.717, 1.165) is 68.6 Å². The minimum atomic E-state index is -2.94. The Kier molecular flexibility index (Phi) is 8.81. The summed E-state index contributed by atoms with van der Waals surface area (Å²) < 4.78 is 28.1. The Morgan fingerprint density at radius 1 is 1.08 bits per heavy atom. The Balaban J connectivity index is 1.62. The van der Waals surface area contributed by atoms with Crippen LogP contribution in [0.4, 0.5) is 8.78 Å². The molecule has 206 valence electrons. The highest BCUT2D eigenvalue weighted by Gasteiger charge is 2.39. The number of aromatic nitrogens is 1. The number of carbonyl (C=O) groups excluding carboxylic acids is 2. The van der Waals surface area contributed by atoms with E-state index in [4.69, 9.17) is 0 Å². The van der Waals surface area contributed by atoms with Crippen LogP contribution in [0.5, 0.6) is 0 Å². The number of rotatable bonds is 8. The molecule has 2 amide bonds. The molecule has 2 heterocycles. The molecule has 38 heavy (non-hydrogen) atoms. The standard InChI is InChI=1S/C30H40F2N4O2/c1-19-12-13-24(30(3,31)32)16-25(19)22-15-23(18-34-17-22)26-11-8-14-36(26)29(38)27(21-9-6-5-7-10-21)35-28(37)20(2)33-4/h12-13,15-18,20-21,26-27,33H,5-11,14H2,1-4H3,(H,35,37). The molecule has 1 aliphatic heterocycles. The highest BCUT2D eigenvalue weighted by atomic mass is 19.3. The maximum atomic E-state index is 14.0. The van der Waals surface area contributed by atoms with E-state index in [0.29, 0.717) is 12.1 Å². The molecule has 0 spiro atoms. The van der Waals surface area contributed by atoms with Crippen LogP contribution in [0.1, 0.15) is 81.5 Å². The summed E-state index contributed by atoms with van der Waals surface area (Å²) in [6, 6.07) is 5.56. The van der Waals surface area contributed by atoms with Gasteiger partial charge in [-0.15, -0.1) is 0 Å². The zero-order chi connectivity index (χ0) is 27.4. The molecule has 2 aliphatic rings. The second-order valence-corrected chi connectivity index (χ2v) is 11.0. The van der Waals surface area contributed by atoms with E-state index < -0.39 is 18.0 Å². The lowest BCUT2D eigenvalue weighted by Crippen LogP contribution is -2.55. The second kappa shape index (κ2) is 11.9. The SMILES string of the molecule is CNC(C)C(=O)NC(C(=O)N1CCCC1c1cncc(-c2cc(C(C)(F)F)ccc2C)c1)C1CCCCC1. The van der Waals surface area contributed by atoms with E-state index in [9.17, 15) is 18.4 Å². The molecule has 1 aliphatic carbocycles. The van der Waals surface area contributed by atoms with Gasteiger partial charge in [0.1, 0.15) is 6.04 Å². The molecule has 2 fully saturated rings.